The molecule has 0 radical (unpaired) electrons. The third-order valence-corrected chi connectivity index (χ3v) is 1.15. The predicted octanol–water partition coefficient (Wildman–Crippen LogP) is -0.914. The molecule has 0 spiro atoms. The zero-order valence-electron chi connectivity index (χ0n) is 5.17. The number of nitrogens with one attached hydrogen (secondary N) is 1. The van der Waals surface area contributed by atoms with Crippen molar-refractivity contribution in [1.82, 2.24) is 15.0 Å². The lowest BCUT2D eigenvalue weighted by Crippen LogP contribution is -2.12. The van der Waals surface area contributed by atoms with Crippen LogP contribution in [-0.4, -0.2) is 27.9 Å². The lowest BCUT2D eigenvalue weighted by molar-refractivity contribution is 0.489. The number of anilines is 1. The third-order valence-electron chi connectivity index (χ3n) is 0.714. The molecule has 8 heteroatoms. The van der Waals surface area contributed by atoms with E-state index in [1.165, 1.54) is 0 Å². The number of nitrogens with zero attached hydrogens (tertiary/aromatic N) is 3. The molecule has 0 aromatic carbocycles. The van der Waals surface area contributed by atoms with Crippen molar-refractivity contribution < 1.29 is 13.0 Å². The zero-order chi connectivity index (χ0) is 8.32. The fraction of sp³-hybridized carbons (Fsp3) is 0. The van der Waals surface area contributed by atoms with Crippen molar-refractivity contribution >= 4 is 16.3 Å². The second-order valence-electron chi connectivity index (χ2n) is 1.54. The summed E-state index contributed by atoms with van der Waals surface area (Å²) in [6.07, 6.45) is 2.20. The lowest BCUT2D eigenvalue weighted by Gasteiger charge is -1.96. The molecular weight excluding hydrogens is 172 g/mol. The normalized spacial score (nSPS) is 11.0. The van der Waals surface area contributed by atoms with Crippen LogP contribution in [0.4, 0.5) is 5.95 Å². The smallest absolute Gasteiger partial charge is 0.269 e. The van der Waals surface area contributed by atoms with Crippen molar-refractivity contribution in [3.05, 3.63) is 12.7 Å². The van der Waals surface area contributed by atoms with E-state index in [9.17, 15) is 8.42 Å². The van der Waals surface area contributed by atoms with E-state index < -0.39 is 10.3 Å². The van der Waals surface area contributed by atoms with Gasteiger partial charge < -0.3 is 0 Å². The molecule has 2 N–H and O–H groups in total. The summed E-state index contributed by atoms with van der Waals surface area (Å²) in [6.45, 7) is 0. The molecule has 0 fully saturated rings. The highest BCUT2D eigenvalue weighted by molar-refractivity contribution is 7.87. The highest BCUT2D eigenvalue weighted by Crippen LogP contribution is 1.93. The van der Waals surface area contributed by atoms with E-state index in [2.05, 4.69) is 15.0 Å². The Kier molecular flexibility index (Phi) is 1.96. The monoisotopic (exact) mass is 176 g/mol. The molecule has 7 nitrogen and oxygen atoms in total. The Morgan fingerprint density at radius 2 is 1.91 bits per heavy atom. The minimum absolute atomic E-state index is 0.220. The van der Waals surface area contributed by atoms with E-state index in [0.717, 1.165) is 12.7 Å². The van der Waals surface area contributed by atoms with Gasteiger partial charge in [0.15, 0.2) is 0 Å². The second-order valence-corrected chi connectivity index (χ2v) is 2.69. The Morgan fingerprint density at radius 3 is 2.36 bits per heavy atom. The largest absolute Gasteiger partial charge is 0.359 e. The van der Waals surface area contributed by atoms with Gasteiger partial charge in [-0.1, -0.05) is 0 Å². The van der Waals surface area contributed by atoms with Gasteiger partial charge in [-0.3, -0.25) is 4.55 Å². The van der Waals surface area contributed by atoms with Crippen LogP contribution in [0.5, 0.6) is 0 Å². The second kappa shape index (κ2) is 2.76. The molecule has 1 rings (SSSR count). The summed E-state index contributed by atoms with van der Waals surface area (Å²) in [6, 6.07) is 0. The van der Waals surface area contributed by atoms with Gasteiger partial charge in [0.05, 0.1) is 0 Å². The SMILES string of the molecule is O=S(=O)(O)Nc1ncncn1. The molecule has 0 unspecified atom stereocenters. The van der Waals surface area contributed by atoms with E-state index >= 15 is 0 Å². The van der Waals surface area contributed by atoms with Gasteiger partial charge >= 0.3 is 10.3 Å². The Balaban J connectivity index is 2.82. The van der Waals surface area contributed by atoms with Crippen molar-refractivity contribution in [3.8, 4) is 0 Å². The fourth-order valence-corrected chi connectivity index (χ4v) is 0.743. The maximum atomic E-state index is 10.1. The highest BCUT2D eigenvalue weighted by Gasteiger charge is 2.04. The van der Waals surface area contributed by atoms with E-state index in [1.54, 1.807) is 4.72 Å². The summed E-state index contributed by atoms with van der Waals surface area (Å²) in [7, 11) is -4.28. The van der Waals surface area contributed by atoms with E-state index in [0.29, 0.717) is 0 Å². The van der Waals surface area contributed by atoms with Crippen LogP contribution in [-0.2, 0) is 10.3 Å². The molecule has 0 saturated heterocycles. The Morgan fingerprint density at radius 1 is 1.36 bits per heavy atom. The summed E-state index contributed by atoms with van der Waals surface area (Å²) in [5.41, 5.74) is 0. The van der Waals surface area contributed by atoms with Crippen LogP contribution in [0.3, 0.4) is 0 Å². The molecule has 60 valence electrons. The number of aromatic nitrogens is 3. The molecule has 0 amide bonds. The molecule has 0 bridgehead atoms. The van der Waals surface area contributed by atoms with E-state index in [1.807, 2.05) is 0 Å². The molecule has 11 heavy (non-hydrogen) atoms. The molecule has 0 atom stereocenters. The molecule has 0 aliphatic carbocycles. The van der Waals surface area contributed by atoms with Crippen LogP contribution < -0.4 is 4.72 Å². The number of hydrogen-bond acceptors (Lipinski definition) is 5. The van der Waals surface area contributed by atoms with Crippen molar-refractivity contribution in [2.24, 2.45) is 0 Å². The minimum Gasteiger partial charge on any atom is -0.269 e. The van der Waals surface area contributed by atoms with Crippen LogP contribution >= 0.6 is 0 Å². The summed E-state index contributed by atoms with van der Waals surface area (Å²) in [5, 5.41) is 0. The molecule has 1 aromatic rings. The number of rotatable bonds is 2. The van der Waals surface area contributed by atoms with Crippen molar-refractivity contribution in [2.75, 3.05) is 4.72 Å². The van der Waals surface area contributed by atoms with Crippen LogP contribution in [0, 0.1) is 0 Å². The quantitative estimate of drug-likeness (QED) is 0.565. The van der Waals surface area contributed by atoms with Gasteiger partial charge in [-0.25, -0.2) is 19.7 Å². The molecule has 0 aliphatic rings. The first kappa shape index (κ1) is 7.82. The van der Waals surface area contributed by atoms with Gasteiger partial charge in [-0.2, -0.15) is 8.42 Å². The summed E-state index contributed by atoms with van der Waals surface area (Å²) in [4.78, 5) is 10.2. The third kappa shape index (κ3) is 2.87. The van der Waals surface area contributed by atoms with E-state index in [4.69, 9.17) is 4.55 Å². The summed E-state index contributed by atoms with van der Waals surface area (Å²) in [5.74, 6) is -0.220. The zero-order valence-corrected chi connectivity index (χ0v) is 5.98. The topological polar surface area (TPSA) is 105 Å². The Hall–Kier alpha value is -1.28. The van der Waals surface area contributed by atoms with Crippen LogP contribution in [0.15, 0.2) is 12.7 Å². The lowest BCUT2D eigenvalue weighted by atomic mass is 11.0. The molecule has 0 aliphatic heterocycles. The van der Waals surface area contributed by atoms with Crippen molar-refractivity contribution in [2.45, 2.75) is 0 Å². The average molecular weight is 176 g/mol. The average Bonchev–Trinajstić information content (AvgIpc) is 1.85. The van der Waals surface area contributed by atoms with Gasteiger partial charge in [-0.15, -0.1) is 0 Å². The van der Waals surface area contributed by atoms with Gasteiger partial charge in [0, 0.05) is 0 Å². The molecule has 0 saturated carbocycles. The predicted molar refractivity (Wildman–Crippen MR) is 35.0 cm³/mol. The summed E-state index contributed by atoms with van der Waals surface area (Å²) < 4.78 is 30.2. The standard InChI is InChI=1S/C3H4N4O3S/c8-11(9,10)7-3-5-1-4-2-6-3/h1-2H,(H,8,9,10)(H,4,5,6,7). The van der Waals surface area contributed by atoms with Gasteiger partial charge in [-0.05, 0) is 0 Å². The maximum absolute atomic E-state index is 10.1. The minimum atomic E-state index is -4.28. The van der Waals surface area contributed by atoms with Crippen molar-refractivity contribution in [3.63, 3.8) is 0 Å². The van der Waals surface area contributed by atoms with Crippen LogP contribution in [0.25, 0.3) is 0 Å². The van der Waals surface area contributed by atoms with Gasteiger partial charge in [0.2, 0.25) is 5.95 Å². The maximum Gasteiger partial charge on any atom is 0.359 e. The summed E-state index contributed by atoms with van der Waals surface area (Å²) >= 11 is 0. The first-order chi connectivity index (χ1) is 5.08. The van der Waals surface area contributed by atoms with Crippen LogP contribution in [0.1, 0.15) is 0 Å². The molecular formula is C3H4N4O3S. The van der Waals surface area contributed by atoms with Gasteiger partial charge in [0.1, 0.15) is 12.7 Å². The van der Waals surface area contributed by atoms with Crippen molar-refractivity contribution in [1.29, 1.82) is 0 Å². The fourth-order valence-electron chi connectivity index (χ4n) is 0.407. The van der Waals surface area contributed by atoms with E-state index in [-0.39, 0.29) is 5.95 Å². The highest BCUT2D eigenvalue weighted by atomic mass is 32.2. The first-order valence-corrected chi connectivity index (χ1v) is 3.89. The first-order valence-electron chi connectivity index (χ1n) is 2.45. The van der Waals surface area contributed by atoms with Gasteiger partial charge in [0.25, 0.3) is 0 Å². The molecule has 1 aromatic heterocycles. The van der Waals surface area contributed by atoms with Crippen LogP contribution in [0.2, 0.25) is 0 Å². The Labute approximate surface area is 62.4 Å². The Bertz CT molecular complexity index is 322. The molecule has 1 heterocycles. The number of hydrogen-bond donors (Lipinski definition) is 2.